The molecule has 7 nitrogen and oxygen atoms in total. The van der Waals surface area contributed by atoms with Gasteiger partial charge in [-0.1, -0.05) is 181 Å². The van der Waals surface area contributed by atoms with Crippen molar-refractivity contribution in [2.24, 2.45) is 0 Å². The summed E-state index contributed by atoms with van der Waals surface area (Å²) in [7, 11) is -9.26. The van der Waals surface area contributed by atoms with E-state index < -0.39 is 15.6 Å². The van der Waals surface area contributed by atoms with E-state index in [9.17, 15) is 9.13 Å². The molecule has 0 aromatic carbocycles. The summed E-state index contributed by atoms with van der Waals surface area (Å²) in [6.07, 6.45) is 34.3. The topological polar surface area (TPSA) is 102 Å². The number of phosphoric acid groups is 2. The van der Waals surface area contributed by atoms with Crippen LogP contribution in [0.5, 0.6) is 0 Å². The number of unbranched alkanes of at least 4 members (excludes halogenated alkanes) is 26. The van der Waals surface area contributed by atoms with Crippen LogP contribution in [-0.4, -0.2) is 23.0 Å². The van der Waals surface area contributed by atoms with Crippen LogP contribution >= 0.6 is 15.6 Å². The predicted molar refractivity (Wildman–Crippen MR) is 174 cm³/mol. The van der Waals surface area contributed by atoms with Crippen molar-refractivity contribution in [2.45, 2.75) is 194 Å². The average molecular weight is 667 g/mol. The van der Waals surface area contributed by atoms with Crippen LogP contribution in [0.2, 0.25) is 0 Å². The van der Waals surface area contributed by atoms with E-state index >= 15 is 0 Å². The van der Waals surface area contributed by atoms with Crippen molar-refractivity contribution >= 4 is 15.6 Å². The number of phosphoric ester groups is 1. The summed E-state index contributed by atoms with van der Waals surface area (Å²) in [4.78, 5) is 18.3. The molecule has 10 heteroatoms. The van der Waals surface area contributed by atoms with Gasteiger partial charge in [-0.25, -0.2) is 9.13 Å². The van der Waals surface area contributed by atoms with Gasteiger partial charge in [0.2, 0.25) is 0 Å². The molecule has 0 unspecified atom stereocenters. The fourth-order valence-electron chi connectivity index (χ4n) is 5.16. The second-order valence-electron chi connectivity index (χ2n) is 11.9. The van der Waals surface area contributed by atoms with Crippen LogP contribution in [0.15, 0.2) is 0 Å². The van der Waals surface area contributed by atoms with Gasteiger partial charge in [-0.3, -0.25) is 9.05 Å². The van der Waals surface area contributed by atoms with Crippen molar-refractivity contribution in [3.63, 3.8) is 0 Å². The van der Waals surface area contributed by atoms with Crippen LogP contribution in [0.3, 0.4) is 0 Å². The first-order chi connectivity index (χ1) is 19.8. The molecule has 0 atom stereocenters. The molecule has 42 heavy (non-hydrogen) atoms. The van der Waals surface area contributed by atoms with E-state index in [0.29, 0.717) is 12.8 Å². The second-order valence-corrected chi connectivity index (χ2v) is 14.9. The van der Waals surface area contributed by atoms with Crippen LogP contribution in [0.25, 0.3) is 0 Å². The molecule has 0 radical (unpaired) electrons. The van der Waals surface area contributed by atoms with Gasteiger partial charge >= 0.3 is 67.0 Å². The molecular formula is C32H69KO7P2. The zero-order valence-corrected chi connectivity index (χ0v) is 33.0. The monoisotopic (exact) mass is 666 g/mol. The Bertz CT molecular complexity index is 603. The Balaban J connectivity index is -0.00000800. The Labute approximate surface area is 304 Å². The van der Waals surface area contributed by atoms with Gasteiger partial charge < -0.3 is 11.2 Å². The molecule has 0 aliphatic heterocycles. The molecule has 0 saturated heterocycles. The molecule has 2 N–H and O–H groups in total. The second kappa shape index (κ2) is 34.2. The third kappa shape index (κ3) is 36.4. The maximum Gasteiger partial charge on any atom is 1.00 e. The van der Waals surface area contributed by atoms with Gasteiger partial charge in [0.05, 0.1) is 13.2 Å². The molecule has 0 bridgehead atoms. The van der Waals surface area contributed by atoms with E-state index in [4.69, 9.17) is 18.8 Å². The summed E-state index contributed by atoms with van der Waals surface area (Å²) in [5.74, 6) is 0. The van der Waals surface area contributed by atoms with Crippen molar-refractivity contribution in [2.75, 3.05) is 13.2 Å². The molecule has 0 fully saturated rings. The Morgan fingerprint density at radius 2 is 0.643 bits per heavy atom. The normalized spacial score (nSPS) is 12.1. The van der Waals surface area contributed by atoms with E-state index in [1.165, 1.54) is 141 Å². The Hall–Kier alpha value is 1.90. The first-order valence-electron chi connectivity index (χ1n) is 17.5. The molecule has 0 aromatic rings. The summed E-state index contributed by atoms with van der Waals surface area (Å²) in [6, 6.07) is 0. The molecule has 0 aliphatic carbocycles. The minimum absolute atomic E-state index is 0. The summed E-state index contributed by atoms with van der Waals surface area (Å²) >= 11 is 0. The molecule has 0 aromatic heterocycles. The van der Waals surface area contributed by atoms with Crippen LogP contribution in [0.4, 0.5) is 0 Å². The largest absolute Gasteiger partial charge is 1.00 e. The molecular weight excluding hydrogens is 597 g/mol. The third-order valence-corrected chi connectivity index (χ3v) is 10.3. The van der Waals surface area contributed by atoms with Crippen molar-refractivity contribution in [3.8, 4) is 0 Å². The maximum atomic E-state index is 12.7. The summed E-state index contributed by atoms with van der Waals surface area (Å²) < 4.78 is 39.0. The van der Waals surface area contributed by atoms with E-state index in [-0.39, 0.29) is 66.0 Å². The van der Waals surface area contributed by atoms with E-state index in [1.807, 2.05) is 0 Å². The van der Waals surface area contributed by atoms with Gasteiger partial charge in [0.1, 0.15) is 0 Å². The molecule has 250 valence electrons. The van der Waals surface area contributed by atoms with Gasteiger partial charge in [0, 0.05) is 0 Å². The Morgan fingerprint density at radius 1 is 0.429 bits per heavy atom. The fraction of sp³-hybridized carbons (Fsp3) is 1.00. The van der Waals surface area contributed by atoms with Crippen molar-refractivity contribution in [1.29, 1.82) is 0 Å². The molecule has 0 spiro atoms. The van der Waals surface area contributed by atoms with Crippen LogP contribution in [-0.2, 0) is 22.5 Å². The standard InChI is InChI=1S/C32H68O7P2.K.H/c1-3-5-7-9-11-13-15-17-19-21-23-25-27-29-31-37-41(36,39-40(33,34)35)38-32-30-28-26-24-22-20-18-16-14-12-10-8-6-4-2;;/h3-32H2,1-2H3,(H2,33,34,35);;/q;+1;-1. The van der Waals surface area contributed by atoms with Crippen LogP contribution in [0.1, 0.15) is 195 Å². The average Bonchev–Trinajstić information content (AvgIpc) is 2.92. The van der Waals surface area contributed by atoms with E-state index in [1.54, 1.807) is 0 Å². The van der Waals surface area contributed by atoms with Crippen LogP contribution < -0.4 is 51.4 Å². The molecule has 0 amide bonds. The molecule has 0 saturated carbocycles. The quantitative estimate of drug-likeness (QED) is 0.0401. The van der Waals surface area contributed by atoms with Gasteiger partial charge in [-0.2, -0.15) is 4.31 Å². The zero-order chi connectivity index (χ0) is 30.3. The predicted octanol–water partition coefficient (Wildman–Crippen LogP) is 9.32. The molecule has 0 rings (SSSR count). The van der Waals surface area contributed by atoms with Crippen LogP contribution in [0, 0.1) is 0 Å². The first-order valence-corrected chi connectivity index (χ1v) is 20.5. The fourth-order valence-corrected chi connectivity index (χ4v) is 7.36. The van der Waals surface area contributed by atoms with E-state index in [2.05, 4.69) is 18.2 Å². The molecule has 0 heterocycles. The number of hydrogen-bond donors (Lipinski definition) is 2. The van der Waals surface area contributed by atoms with Crippen molar-refractivity contribution in [1.82, 2.24) is 0 Å². The third-order valence-electron chi connectivity index (χ3n) is 7.70. The van der Waals surface area contributed by atoms with Gasteiger partial charge in [-0.05, 0) is 12.8 Å². The van der Waals surface area contributed by atoms with Gasteiger partial charge in [0.15, 0.2) is 0 Å². The minimum atomic E-state index is -4.98. The maximum absolute atomic E-state index is 12.7. The summed E-state index contributed by atoms with van der Waals surface area (Å²) in [5, 5.41) is 0. The summed E-state index contributed by atoms with van der Waals surface area (Å²) in [5.41, 5.74) is 0. The van der Waals surface area contributed by atoms with Crippen molar-refractivity contribution in [3.05, 3.63) is 0 Å². The van der Waals surface area contributed by atoms with Gasteiger partial charge in [-0.15, -0.1) is 0 Å². The SMILES string of the molecule is CCCCCCCCCCCCCCCCOP(=O)(OCCCCCCCCCCCCCCCC)OP(=O)(O)O.[H-].[K+]. The Morgan fingerprint density at radius 3 is 0.857 bits per heavy atom. The van der Waals surface area contributed by atoms with Gasteiger partial charge in [0.25, 0.3) is 0 Å². The van der Waals surface area contributed by atoms with E-state index in [0.717, 1.165) is 25.7 Å². The smallest absolute Gasteiger partial charge is 1.00 e. The number of rotatable bonds is 34. The Kier molecular flexibility index (Phi) is 37.5. The summed E-state index contributed by atoms with van der Waals surface area (Å²) in [6.45, 7) is 4.72. The minimum Gasteiger partial charge on any atom is -1.00 e. The van der Waals surface area contributed by atoms with Crippen molar-refractivity contribution < 1.29 is 85.1 Å². The first kappa shape index (κ1) is 46.0. The zero-order valence-electron chi connectivity index (χ0n) is 29.0. The number of hydrogen-bond acceptors (Lipinski definition) is 5. The molecule has 0 aliphatic rings.